The second-order valence-electron chi connectivity index (χ2n) is 6.02. The van der Waals surface area contributed by atoms with Gasteiger partial charge in [-0.15, -0.1) is 0 Å². The molecule has 5 nitrogen and oxygen atoms in total. The number of hydrogen-bond acceptors (Lipinski definition) is 3. The number of sulfonamides is 1. The third-order valence-corrected chi connectivity index (χ3v) is 5.52. The summed E-state index contributed by atoms with van der Waals surface area (Å²) in [6.07, 6.45) is 3.61. The summed E-state index contributed by atoms with van der Waals surface area (Å²) >= 11 is 0. The number of rotatable bonds is 5. The van der Waals surface area contributed by atoms with Gasteiger partial charge in [-0.3, -0.25) is 9.40 Å². The molecule has 1 N–H and O–H groups in total. The minimum atomic E-state index is -3.64. The van der Waals surface area contributed by atoms with Crippen molar-refractivity contribution in [2.24, 2.45) is 0 Å². The minimum absolute atomic E-state index is 0.247. The van der Waals surface area contributed by atoms with Crippen LogP contribution in [0.15, 0.2) is 90.1 Å². The highest BCUT2D eigenvalue weighted by Gasteiger charge is 2.14. The highest BCUT2D eigenvalue weighted by molar-refractivity contribution is 7.92. The Balaban J connectivity index is 1.54. The van der Waals surface area contributed by atoms with Crippen molar-refractivity contribution in [3.05, 3.63) is 90.8 Å². The average molecular weight is 363 g/mol. The van der Waals surface area contributed by atoms with E-state index in [9.17, 15) is 8.42 Å². The van der Waals surface area contributed by atoms with Crippen LogP contribution in [0.5, 0.6) is 0 Å². The molecule has 1 aromatic heterocycles. The lowest BCUT2D eigenvalue weighted by atomic mass is 10.1. The smallest absolute Gasteiger partial charge is 0.261 e. The fraction of sp³-hybridized carbons (Fsp3) is 0.0500. The summed E-state index contributed by atoms with van der Waals surface area (Å²) in [6, 6.07) is 22.0. The van der Waals surface area contributed by atoms with Crippen molar-refractivity contribution in [1.82, 2.24) is 9.78 Å². The largest absolute Gasteiger partial charge is 0.280 e. The van der Waals surface area contributed by atoms with Gasteiger partial charge in [-0.25, -0.2) is 8.42 Å². The standard InChI is InChI=1S/C20H17N3O2S/c24-26(25,20-11-8-17-4-1-2-5-18(17)14-20)22-19-9-6-16(7-10-19)15-23-13-3-12-21-23/h1-14,22H,15H2. The van der Waals surface area contributed by atoms with E-state index in [2.05, 4.69) is 9.82 Å². The maximum atomic E-state index is 12.7. The molecule has 0 aliphatic heterocycles. The van der Waals surface area contributed by atoms with Gasteiger partial charge >= 0.3 is 0 Å². The molecule has 1 heterocycles. The van der Waals surface area contributed by atoms with Crippen molar-refractivity contribution in [2.45, 2.75) is 11.4 Å². The SMILES string of the molecule is O=S(=O)(Nc1ccc(Cn2cccn2)cc1)c1ccc2ccccc2c1. The first kappa shape index (κ1) is 16.4. The molecule has 0 atom stereocenters. The highest BCUT2D eigenvalue weighted by atomic mass is 32.2. The van der Waals surface area contributed by atoms with E-state index >= 15 is 0 Å². The summed E-state index contributed by atoms with van der Waals surface area (Å²) in [5, 5.41) is 6.07. The summed E-state index contributed by atoms with van der Waals surface area (Å²) in [7, 11) is -3.64. The van der Waals surface area contributed by atoms with E-state index in [4.69, 9.17) is 0 Å². The third-order valence-electron chi connectivity index (χ3n) is 4.14. The second-order valence-corrected chi connectivity index (χ2v) is 7.70. The Hall–Kier alpha value is -3.12. The summed E-state index contributed by atoms with van der Waals surface area (Å²) < 4.78 is 29.8. The molecule has 0 saturated carbocycles. The van der Waals surface area contributed by atoms with E-state index in [0.29, 0.717) is 12.2 Å². The summed E-state index contributed by atoms with van der Waals surface area (Å²) in [4.78, 5) is 0.247. The molecule has 26 heavy (non-hydrogen) atoms. The molecular formula is C20H17N3O2S. The van der Waals surface area contributed by atoms with Crippen LogP contribution in [-0.4, -0.2) is 18.2 Å². The quantitative estimate of drug-likeness (QED) is 0.585. The van der Waals surface area contributed by atoms with Crippen LogP contribution in [0.3, 0.4) is 0 Å². The molecule has 3 aromatic carbocycles. The molecule has 0 aliphatic rings. The zero-order valence-electron chi connectivity index (χ0n) is 13.9. The Kier molecular flexibility index (Phi) is 4.18. The number of nitrogens with zero attached hydrogens (tertiary/aromatic N) is 2. The van der Waals surface area contributed by atoms with Crippen LogP contribution in [0, 0.1) is 0 Å². The van der Waals surface area contributed by atoms with Gasteiger partial charge in [-0.2, -0.15) is 5.10 Å². The monoisotopic (exact) mass is 363 g/mol. The van der Waals surface area contributed by atoms with Gasteiger partial charge in [-0.1, -0.05) is 42.5 Å². The summed E-state index contributed by atoms with van der Waals surface area (Å²) in [5.74, 6) is 0. The van der Waals surface area contributed by atoms with Crippen molar-refractivity contribution in [3.8, 4) is 0 Å². The fourth-order valence-electron chi connectivity index (χ4n) is 2.81. The lowest BCUT2D eigenvalue weighted by Gasteiger charge is -2.10. The van der Waals surface area contributed by atoms with E-state index in [1.165, 1.54) is 0 Å². The van der Waals surface area contributed by atoms with Crippen LogP contribution >= 0.6 is 0 Å². The Morgan fingerprint density at radius 2 is 1.65 bits per heavy atom. The molecule has 130 valence electrons. The molecule has 0 bridgehead atoms. The van der Waals surface area contributed by atoms with Gasteiger partial charge < -0.3 is 0 Å². The maximum Gasteiger partial charge on any atom is 0.261 e. The van der Waals surface area contributed by atoms with E-state index in [1.54, 1.807) is 30.5 Å². The Labute approximate surface area is 152 Å². The number of benzene rings is 3. The topological polar surface area (TPSA) is 64.0 Å². The van der Waals surface area contributed by atoms with Crippen LogP contribution in [0.1, 0.15) is 5.56 Å². The predicted octanol–water partition coefficient (Wildman–Crippen LogP) is 3.89. The van der Waals surface area contributed by atoms with Crippen LogP contribution in [0.2, 0.25) is 0 Å². The molecule has 0 unspecified atom stereocenters. The van der Waals surface area contributed by atoms with Crippen molar-refractivity contribution in [3.63, 3.8) is 0 Å². The lowest BCUT2D eigenvalue weighted by Crippen LogP contribution is -2.13. The normalized spacial score (nSPS) is 11.5. The maximum absolute atomic E-state index is 12.7. The van der Waals surface area contributed by atoms with Crippen molar-refractivity contribution in [2.75, 3.05) is 4.72 Å². The number of anilines is 1. The molecule has 0 aliphatic carbocycles. The van der Waals surface area contributed by atoms with E-state index in [1.807, 2.05) is 59.4 Å². The predicted molar refractivity (Wildman–Crippen MR) is 103 cm³/mol. The molecule has 0 fully saturated rings. The third kappa shape index (κ3) is 3.45. The van der Waals surface area contributed by atoms with Crippen LogP contribution in [0.4, 0.5) is 5.69 Å². The van der Waals surface area contributed by atoms with Crippen molar-refractivity contribution >= 4 is 26.5 Å². The highest BCUT2D eigenvalue weighted by Crippen LogP contribution is 2.21. The molecular weight excluding hydrogens is 346 g/mol. The average Bonchev–Trinajstić information content (AvgIpc) is 3.16. The molecule has 4 rings (SSSR count). The summed E-state index contributed by atoms with van der Waals surface area (Å²) in [5.41, 5.74) is 1.57. The molecule has 0 saturated heterocycles. The first-order valence-electron chi connectivity index (χ1n) is 8.18. The first-order valence-corrected chi connectivity index (χ1v) is 9.66. The van der Waals surface area contributed by atoms with Crippen LogP contribution < -0.4 is 4.72 Å². The van der Waals surface area contributed by atoms with Crippen LogP contribution in [-0.2, 0) is 16.6 Å². The summed E-state index contributed by atoms with van der Waals surface area (Å²) in [6.45, 7) is 0.644. The van der Waals surface area contributed by atoms with Gasteiger partial charge in [0.1, 0.15) is 0 Å². The van der Waals surface area contributed by atoms with Gasteiger partial charge in [0, 0.05) is 18.1 Å². The lowest BCUT2D eigenvalue weighted by molar-refractivity contribution is 0.601. The fourth-order valence-corrected chi connectivity index (χ4v) is 3.90. The van der Waals surface area contributed by atoms with E-state index in [0.717, 1.165) is 16.3 Å². The minimum Gasteiger partial charge on any atom is -0.280 e. The molecule has 0 spiro atoms. The number of aromatic nitrogens is 2. The first-order chi connectivity index (χ1) is 12.6. The van der Waals surface area contributed by atoms with E-state index in [-0.39, 0.29) is 4.90 Å². The van der Waals surface area contributed by atoms with Gasteiger partial charge in [0.15, 0.2) is 0 Å². The van der Waals surface area contributed by atoms with Gasteiger partial charge in [0.25, 0.3) is 10.0 Å². The molecule has 0 amide bonds. The Morgan fingerprint density at radius 1 is 0.885 bits per heavy atom. The zero-order chi connectivity index (χ0) is 18.0. The van der Waals surface area contributed by atoms with Crippen molar-refractivity contribution < 1.29 is 8.42 Å². The number of fused-ring (bicyclic) bond motifs is 1. The zero-order valence-corrected chi connectivity index (χ0v) is 14.7. The number of nitrogens with one attached hydrogen (secondary N) is 1. The van der Waals surface area contributed by atoms with Gasteiger partial charge in [0.2, 0.25) is 0 Å². The van der Waals surface area contributed by atoms with Gasteiger partial charge in [-0.05, 0) is 46.7 Å². The molecule has 4 aromatic rings. The number of hydrogen-bond donors (Lipinski definition) is 1. The second kappa shape index (κ2) is 6.65. The van der Waals surface area contributed by atoms with Gasteiger partial charge in [0.05, 0.1) is 11.4 Å². The van der Waals surface area contributed by atoms with Crippen molar-refractivity contribution in [1.29, 1.82) is 0 Å². The van der Waals surface area contributed by atoms with E-state index < -0.39 is 10.0 Å². The molecule has 6 heteroatoms. The Morgan fingerprint density at radius 3 is 2.38 bits per heavy atom. The van der Waals surface area contributed by atoms with Crippen LogP contribution in [0.25, 0.3) is 10.8 Å². The Bertz CT molecular complexity index is 1140. The molecule has 0 radical (unpaired) electrons.